The van der Waals surface area contributed by atoms with Crippen molar-refractivity contribution in [2.24, 2.45) is 23.5 Å². The fourth-order valence-electron chi connectivity index (χ4n) is 2.19. The van der Waals surface area contributed by atoms with E-state index in [0.29, 0.717) is 24.3 Å². The van der Waals surface area contributed by atoms with Gasteiger partial charge in [0.15, 0.2) is 0 Å². The van der Waals surface area contributed by atoms with E-state index >= 15 is 0 Å². The predicted molar refractivity (Wildman–Crippen MR) is 54.8 cm³/mol. The molecule has 0 spiro atoms. The van der Waals surface area contributed by atoms with E-state index in [1.165, 1.54) is 0 Å². The summed E-state index contributed by atoms with van der Waals surface area (Å²) in [7, 11) is 0. The molecule has 0 aromatic heterocycles. The molecule has 1 fully saturated rings. The van der Waals surface area contributed by atoms with Crippen molar-refractivity contribution < 1.29 is 10.2 Å². The molecule has 0 bridgehead atoms. The zero-order valence-electron chi connectivity index (χ0n) is 7.85. The van der Waals surface area contributed by atoms with Gasteiger partial charge in [0.25, 0.3) is 0 Å². The molecule has 1 unspecified atom stereocenters. The average Bonchev–Trinajstić information content (AvgIpc) is 2.16. The van der Waals surface area contributed by atoms with Crippen LogP contribution >= 0.6 is 12.4 Å². The number of aliphatic hydroxyl groups excluding tert-OH is 2. The molecule has 1 saturated carbocycles. The number of halogens is 1. The lowest BCUT2D eigenvalue weighted by Crippen LogP contribution is -2.30. The number of rotatable bonds is 3. The van der Waals surface area contributed by atoms with Crippen molar-refractivity contribution in [1.29, 1.82) is 0 Å². The van der Waals surface area contributed by atoms with E-state index in [1.807, 2.05) is 0 Å². The molecule has 0 aromatic carbocycles. The highest BCUT2D eigenvalue weighted by atomic mass is 35.5. The van der Waals surface area contributed by atoms with Gasteiger partial charge >= 0.3 is 0 Å². The minimum absolute atomic E-state index is 0. The number of hydrogen-bond acceptors (Lipinski definition) is 3. The summed E-state index contributed by atoms with van der Waals surface area (Å²) in [6.07, 6.45) is 3.02. The van der Waals surface area contributed by atoms with Crippen LogP contribution < -0.4 is 5.73 Å². The molecule has 80 valence electrons. The second-order valence-electron chi connectivity index (χ2n) is 3.91. The van der Waals surface area contributed by atoms with E-state index in [1.54, 1.807) is 0 Å². The van der Waals surface area contributed by atoms with Crippen LogP contribution in [0.5, 0.6) is 0 Å². The standard InChI is InChI=1S/C9H19NO2.ClH/c10-4-7-1-8(5-11)3-9(2-7)6-12;/h7-9,11-12H,1-6,10H2;1H/t7?,8-,9+;. The van der Waals surface area contributed by atoms with E-state index in [-0.39, 0.29) is 25.6 Å². The molecule has 0 heterocycles. The molecule has 13 heavy (non-hydrogen) atoms. The minimum atomic E-state index is 0. The van der Waals surface area contributed by atoms with Crippen LogP contribution in [0.4, 0.5) is 0 Å². The maximum absolute atomic E-state index is 9.00. The molecule has 0 aliphatic heterocycles. The Morgan fingerprint density at radius 1 is 0.923 bits per heavy atom. The van der Waals surface area contributed by atoms with Crippen LogP contribution in [0.2, 0.25) is 0 Å². The van der Waals surface area contributed by atoms with Crippen molar-refractivity contribution in [3.63, 3.8) is 0 Å². The molecule has 0 aromatic rings. The van der Waals surface area contributed by atoms with Gasteiger partial charge in [-0.3, -0.25) is 0 Å². The van der Waals surface area contributed by atoms with Crippen molar-refractivity contribution in [1.82, 2.24) is 0 Å². The Balaban J connectivity index is 0.00000144. The van der Waals surface area contributed by atoms with Crippen LogP contribution in [-0.2, 0) is 0 Å². The molecule has 0 radical (unpaired) electrons. The third-order valence-corrected chi connectivity index (χ3v) is 2.85. The minimum Gasteiger partial charge on any atom is -0.396 e. The second kappa shape index (κ2) is 6.60. The first-order chi connectivity index (χ1) is 5.80. The lowest BCUT2D eigenvalue weighted by molar-refractivity contribution is 0.0927. The molecule has 0 saturated heterocycles. The van der Waals surface area contributed by atoms with Crippen LogP contribution in [0.1, 0.15) is 19.3 Å². The maximum Gasteiger partial charge on any atom is 0.0459 e. The summed E-state index contributed by atoms with van der Waals surface area (Å²) in [5, 5.41) is 18.0. The lowest BCUT2D eigenvalue weighted by atomic mass is 9.76. The summed E-state index contributed by atoms with van der Waals surface area (Å²) in [5.41, 5.74) is 5.57. The Hall–Kier alpha value is 0.170. The van der Waals surface area contributed by atoms with E-state index in [4.69, 9.17) is 15.9 Å². The summed E-state index contributed by atoms with van der Waals surface area (Å²) >= 11 is 0. The highest BCUT2D eigenvalue weighted by Crippen LogP contribution is 2.32. The predicted octanol–water partition coefficient (Wildman–Crippen LogP) is 0.384. The maximum atomic E-state index is 9.00. The molecule has 0 amide bonds. The summed E-state index contributed by atoms with van der Waals surface area (Å²) in [6.45, 7) is 1.17. The van der Waals surface area contributed by atoms with E-state index in [0.717, 1.165) is 19.3 Å². The Kier molecular flexibility index (Phi) is 6.68. The Bertz CT molecular complexity index is 105. The molecule has 1 aliphatic carbocycles. The van der Waals surface area contributed by atoms with E-state index in [9.17, 15) is 0 Å². The highest BCUT2D eigenvalue weighted by Gasteiger charge is 2.26. The summed E-state index contributed by atoms with van der Waals surface area (Å²) < 4.78 is 0. The van der Waals surface area contributed by atoms with Crippen LogP contribution in [0.3, 0.4) is 0 Å². The molecule has 1 rings (SSSR count). The molecule has 3 atom stereocenters. The van der Waals surface area contributed by atoms with Crippen LogP contribution in [0, 0.1) is 17.8 Å². The second-order valence-corrected chi connectivity index (χ2v) is 3.91. The quantitative estimate of drug-likeness (QED) is 0.630. The molecule has 4 N–H and O–H groups in total. The molecular formula is C9H20ClNO2. The molecule has 1 aliphatic rings. The third kappa shape index (κ3) is 3.81. The molecular weight excluding hydrogens is 190 g/mol. The van der Waals surface area contributed by atoms with Gasteiger partial charge in [-0.05, 0) is 43.6 Å². The van der Waals surface area contributed by atoms with Gasteiger partial charge in [0.1, 0.15) is 0 Å². The number of aliphatic hydroxyl groups is 2. The number of nitrogens with two attached hydrogens (primary N) is 1. The summed E-state index contributed by atoms with van der Waals surface area (Å²) in [6, 6.07) is 0. The van der Waals surface area contributed by atoms with Gasteiger partial charge in [-0.1, -0.05) is 0 Å². The first-order valence-corrected chi connectivity index (χ1v) is 4.71. The van der Waals surface area contributed by atoms with Gasteiger partial charge in [0.05, 0.1) is 0 Å². The fourth-order valence-corrected chi connectivity index (χ4v) is 2.19. The SMILES string of the molecule is Cl.NCC1C[C@@H](CO)C[C@@H](CO)C1. The average molecular weight is 210 g/mol. The van der Waals surface area contributed by atoms with Gasteiger partial charge in [0.2, 0.25) is 0 Å². The number of hydrogen-bond donors (Lipinski definition) is 3. The van der Waals surface area contributed by atoms with Gasteiger partial charge in [0, 0.05) is 13.2 Å². The summed E-state index contributed by atoms with van der Waals surface area (Å²) in [4.78, 5) is 0. The fraction of sp³-hybridized carbons (Fsp3) is 1.00. The van der Waals surface area contributed by atoms with Crippen LogP contribution in [0.25, 0.3) is 0 Å². The van der Waals surface area contributed by atoms with Gasteiger partial charge in [-0.2, -0.15) is 0 Å². The third-order valence-electron chi connectivity index (χ3n) is 2.85. The lowest BCUT2D eigenvalue weighted by Gasteiger charge is -2.32. The Labute approximate surface area is 85.7 Å². The first kappa shape index (κ1) is 13.2. The monoisotopic (exact) mass is 209 g/mol. The normalized spacial score (nSPS) is 33.9. The zero-order valence-corrected chi connectivity index (χ0v) is 8.67. The highest BCUT2D eigenvalue weighted by molar-refractivity contribution is 5.85. The van der Waals surface area contributed by atoms with Gasteiger partial charge in [-0.15, -0.1) is 12.4 Å². The zero-order chi connectivity index (χ0) is 8.97. The van der Waals surface area contributed by atoms with Gasteiger partial charge in [-0.25, -0.2) is 0 Å². The van der Waals surface area contributed by atoms with Crippen molar-refractivity contribution in [2.45, 2.75) is 19.3 Å². The topological polar surface area (TPSA) is 66.5 Å². The van der Waals surface area contributed by atoms with Crippen molar-refractivity contribution in [3.05, 3.63) is 0 Å². The first-order valence-electron chi connectivity index (χ1n) is 4.71. The van der Waals surface area contributed by atoms with Crippen molar-refractivity contribution >= 4 is 12.4 Å². The molecule has 4 heteroatoms. The van der Waals surface area contributed by atoms with Crippen LogP contribution in [-0.4, -0.2) is 30.0 Å². The molecule has 3 nitrogen and oxygen atoms in total. The Morgan fingerprint density at radius 2 is 1.31 bits per heavy atom. The largest absolute Gasteiger partial charge is 0.396 e. The van der Waals surface area contributed by atoms with Crippen LogP contribution in [0.15, 0.2) is 0 Å². The van der Waals surface area contributed by atoms with Crippen molar-refractivity contribution in [3.8, 4) is 0 Å². The Morgan fingerprint density at radius 3 is 1.62 bits per heavy atom. The van der Waals surface area contributed by atoms with E-state index in [2.05, 4.69) is 0 Å². The van der Waals surface area contributed by atoms with Gasteiger partial charge < -0.3 is 15.9 Å². The smallest absolute Gasteiger partial charge is 0.0459 e. The van der Waals surface area contributed by atoms with Crippen molar-refractivity contribution in [2.75, 3.05) is 19.8 Å². The van der Waals surface area contributed by atoms with E-state index < -0.39 is 0 Å². The summed E-state index contributed by atoms with van der Waals surface area (Å²) in [5.74, 6) is 1.24.